The van der Waals surface area contributed by atoms with Gasteiger partial charge in [0.2, 0.25) is 0 Å². The Balaban J connectivity index is 0.000000751. The predicted molar refractivity (Wildman–Crippen MR) is 129 cm³/mol. The van der Waals surface area contributed by atoms with Crippen molar-refractivity contribution in [2.75, 3.05) is 10.6 Å². The van der Waals surface area contributed by atoms with Crippen LogP contribution in [0.15, 0.2) is 67.1 Å². The van der Waals surface area contributed by atoms with E-state index in [-0.39, 0.29) is 11.3 Å². The van der Waals surface area contributed by atoms with Crippen molar-refractivity contribution in [3.05, 3.63) is 83.8 Å². The van der Waals surface area contributed by atoms with Crippen LogP contribution in [0.25, 0.3) is 0 Å². The van der Waals surface area contributed by atoms with Gasteiger partial charge in [-0.2, -0.15) is 5.26 Å². The van der Waals surface area contributed by atoms with E-state index in [1.54, 1.807) is 30.7 Å². The first kappa shape index (κ1) is 24.4. The minimum Gasteiger partial charge on any atom is -0.481 e. The summed E-state index contributed by atoms with van der Waals surface area (Å²) in [6.45, 7) is 1.63. The third kappa shape index (κ3) is 6.39. The second-order valence-electron chi connectivity index (χ2n) is 8.06. The molecule has 174 valence electrons. The van der Waals surface area contributed by atoms with E-state index in [0.29, 0.717) is 23.6 Å². The zero-order chi connectivity index (χ0) is 24.4. The van der Waals surface area contributed by atoms with Crippen LogP contribution in [0.1, 0.15) is 54.1 Å². The van der Waals surface area contributed by atoms with Crippen molar-refractivity contribution in [1.82, 2.24) is 9.97 Å². The molecule has 0 saturated heterocycles. The summed E-state index contributed by atoms with van der Waals surface area (Å²) in [6.07, 6.45) is 9.09. The summed E-state index contributed by atoms with van der Waals surface area (Å²) in [5, 5.41) is 23.2. The highest BCUT2D eigenvalue weighted by atomic mass is 16.4. The molecular weight excluding hydrogens is 430 g/mol. The number of carbonyl (C=O) groups is 2. The first-order valence-electron chi connectivity index (χ1n) is 11.0. The quantitative estimate of drug-likeness (QED) is 0.486. The van der Waals surface area contributed by atoms with Crippen LogP contribution >= 0.6 is 0 Å². The summed E-state index contributed by atoms with van der Waals surface area (Å²) in [7, 11) is 0. The highest BCUT2D eigenvalue weighted by Crippen LogP contribution is 2.40. The second-order valence-corrected chi connectivity index (χ2v) is 8.06. The molecule has 2 aromatic heterocycles. The lowest BCUT2D eigenvalue weighted by molar-refractivity contribution is -0.134. The Hall–Kier alpha value is -4.25. The van der Waals surface area contributed by atoms with E-state index in [4.69, 9.17) is 9.90 Å². The van der Waals surface area contributed by atoms with Gasteiger partial charge in [0, 0.05) is 37.7 Å². The van der Waals surface area contributed by atoms with Crippen molar-refractivity contribution in [2.24, 2.45) is 0 Å². The molecule has 1 fully saturated rings. The van der Waals surface area contributed by atoms with E-state index in [0.717, 1.165) is 43.7 Å². The van der Waals surface area contributed by atoms with E-state index in [1.165, 1.54) is 0 Å². The highest BCUT2D eigenvalue weighted by Gasteiger charge is 2.35. The Labute approximate surface area is 198 Å². The minimum atomic E-state index is -0.833. The number of nitriles is 1. The number of carbonyl (C=O) groups excluding carboxylic acids is 1. The van der Waals surface area contributed by atoms with Crippen LogP contribution in [-0.4, -0.2) is 27.0 Å². The Bertz CT molecular complexity index is 1150. The fourth-order valence-electron chi connectivity index (χ4n) is 3.93. The van der Waals surface area contributed by atoms with Gasteiger partial charge in [0.25, 0.3) is 11.9 Å². The molecule has 1 aliphatic carbocycles. The number of aromatic nitrogens is 2. The van der Waals surface area contributed by atoms with Gasteiger partial charge in [-0.05, 0) is 60.4 Å². The Kier molecular flexibility index (Phi) is 8.30. The third-order valence-corrected chi connectivity index (χ3v) is 5.63. The van der Waals surface area contributed by atoms with Crippen molar-refractivity contribution in [3.63, 3.8) is 0 Å². The van der Waals surface area contributed by atoms with E-state index in [2.05, 4.69) is 26.7 Å². The molecule has 3 aromatic rings. The lowest BCUT2D eigenvalue weighted by atomic mass is 9.80. The number of carboxylic acids is 1. The van der Waals surface area contributed by atoms with Gasteiger partial charge in [-0.25, -0.2) is 4.98 Å². The summed E-state index contributed by atoms with van der Waals surface area (Å²) < 4.78 is 0. The van der Waals surface area contributed by atoms with E-state index in [1.807, 2.05) is 36.4 Å². The molecular formula is C26H27N5O3. The maximum atomic E-state index is 12.9. The number of aliphatic carboxylic acids is 1. The molecule has 1 amide bonds. The number of pyridine rings is 2. The lowest BCUT2D eigenvalue weighted by Crippen LogP contribution is -2.19. The molecule has 1 saturated carbocycles. The number of amides is 1. The van der Waals surface area contributed by atoms with Crippen LogP contribution in [0, 0.1) is 11.3 Å². The molecule has 34 heavy (non-hydrogen) atoms. The summed E-state index contributed by atoms with van der Waals surface area (Å²) in [6, 6.07) is 17.5. The smallest absolute Gasteiger partial charge is 0.300 e. The molecule has 0 spiro atoms. The highest BCUT2D eigenvalue weighted by molar-refractivity contribution is 6.07. The van der Waals surface area contributed by atoms with E-state index in [9.17, 15) is 10.1 Å². The average molecular weight is 458 g/mol. The van der Waals surface area contributed by atoms with E-state index >= 15 is 0 Å². The number of anilines is 2. The van der Waals surface area contributed by atoms with Crippen LogP contribution < -0.4 is 10.6 Å². The Morgan fingerprint density at radius 1 is 1.06 bits per heavy atom. The lowest BCUT2D eigenvalue weighted by Gasteiger charge is -2.21. The Morgan fingerprint density at radius 2 is 1.71 bits per heavy atom. The third-order valence-electron chi connectivity index (χ3n) is 5.63. The number of rotatable bonds is 6. The van der Waals surface area contributed by atoms with Gasteiger partial charge in [0.15, 0.2) is 0 Å². The first-order valence-corrected chi connectivity index (χ1v) is 11.0. The van der Waals surface area contributed by atoms with Crippen molar-refractivity contribution in [3.8, 4) is 6.07 Å². The molecule has 1 aromatic carbocycles. The molecule has 0 atom stereocenters. The number of nitrogens with one attached hydrogen (secondary N) is 2. The molecule has 2 heterocycles. The van der Waals surface area contributed by atoms with Gasteiger partial charge in [-0.3, -0.25) is 14.6 Å². The van der Waals surface area contributed by atoms with Crippen LogP contribution in [0.2, 0.25) is 0 Å². The van der Waals surface area contributed by atoms with Crippen LogP contribution in [0.4, 0.5) is 11.5 Å². The number of hydrogen-bond donors (Lipinski definition) is 3. The standard InChI is InChI=1S/C24H23N5O.C2H4O2/c25-17-24(11-1-2-12-24)19-5-7-20(8-6-19)29-23(30)21-4-3-13-27-22(21)28-16-18-9-14-26-15-10-18;1-2(3)4/h3-10,13-15H,1-2,11-12,16H2,(H,27,28)(H,29,30);1H3,(H,3,4). The molecule has 1 aliphatic rings. The van der Waals surface area contributed by atoms with Crippen molar-refractivity contribution in [1.29, 1.82) is 5.26 Å². The topological polar surface area (TPSA) is 128 Å². The monoisotopic (exact) mass is 457 g/mol. The summed E-state index contributed by atoms with van der Waals surface area (Å²) >= 11 is 0. The van der Waals surface area contributed by atoms with Crippen molar-refractivity contribution in [2.45, 2.75) is 44.6 Å². The van der Waals surface area contributed by atoms with Crippen LogP contribution in [0.5, 0.6) is 0 Å². The van der Waals surface area contributed by atoms with Gasteiger partial charge in [0.1, 0.15) is 5.82 Å². The fraction of sp³-hybridized carbons (Fsp3) is 0.269. The van der Waals surface area contributed by atoms with E-state index < -0.39 is 5.97 Å². The second kappa shape index (κ2) is 11.6. The molecule has 4 rings (SSSR count). The summed E-state index contributed by atoms with van der Waals surface area (Å²) in [5.74, 6) is -0.540. The molecule has 0 aliphatic heterocycles. The number of carboxylic acid groups (broad SMARTS) is 1. The minimum absolute atomic E-state index is 0.232. The van der Waals surface area contributed by atoms with Gasteiger partial charge < -0.3 is 15.7 Å². The van der Waals surface area contributed by atoms with Gasteiger partial charge in [-0.1, -0.05) is 25.0 Å². The zero-order valence-electron chi connectivity index (χ0n) is 19.0. The average Bonchev–Trinajstić information content (AvgIpc) is 3.34. The Morgan fingerprint density at radius 3 is 2.32 bits per heavy atom. The largest absolute Gasteiger partial charge is 0.481 e. The summed E-state index contributed by atoms with van der Waals surface area (Å²) in [5.41, 5.74) is 2.87. The predicted octanol–water partition coefficient (Wildman–Crippen LogP) is 4.77. The number of benzene rings is 1. The molecule has 8 nitrogen and oxygen atoms in total. The van der Waals surface area contributed by atoms with Gasteiger partial charge in [0.05, 0.1) is 17.0 Å². The zero-order valence-corrected chi connectivity index (χ0v) is 19.0. The first-order chi connectivity index (χ1) is 16.4. The summed E-state index contributed by atoms with van der Waals surface area (Å²) in [4.78, 5) is 30.2. The SMILES string of the molecule is CC(=O)O.N#CC1(c2ccc(NC(=O)c3cccnc3NCc3ccncc3)cc2)CCCC1. The maximum absolute atomic E-state index is 12.9. The van der Waals surface area contributed by atoms with Crippen molar-refractivity contribution >= 4 is 23.4 Å². The maximum Gasteiger partial charge on any atom is 0.300 e. The molecule has 0 radical (unpaired) electrons. The molecule has 8 heteroatoms. The molecule has 3 N–H and O–H groups in total. The number of hydrogen-bond acceptors (Lipinski definition) is 6. The van der Waals surface area contributed by atoms with Crippen LogP contribution in [0.3, 0.4) is 0 Å². The fourth-order valence-corrected chi connectivity index (χ4v) is 3.93. The van der Waals surface area contributed by atoms with Gasteiger partial charge >= 0.3 is 0 Å². The molecule has 0 bridgehead atoms. The number of nitrogens with zero attached hydrogens (tertiary/aromatic N) is 3. The van der Waals surface area contributed by atoms with Crippen molar-refractivity contribution < 1.29 is 14.7 Å². The van der Waals surface area contributed by atoms with Gasteiger partial charge in [-0.15, -0.1) is 0 Å². The normalized spacial score (nSPS) is 13.6. The van der Waals surface area contributed by atoms with Crippen LogP contribution in [-0.2, 0) is 16.8 Å². The molecule has 0 unspecified atom stereocenters.